The molecule has 1 aliphatic rings. The molecule has 2 aromatic carbocycles. The number of thioether (sulfide) groups is 1. The second kappa shape index (κ2) is 7.67. The molecule has 4 rings (SSSR count). The smallest absolute Gasteiger partial charge is 0.346 e. The minimum atomic E-state index is -4.49. The number of amides is 2. The molecule has 6 nitrogen and oxygen atoms in total. The van der Waals surface area contributed by atoms with Gasteiger partial charge in [-0.15, -0.1) is 11.8 Å². The van der Waals surface area contributed by atoms with Crippen molar-refractivity contribution in [3.63, 3.8) is 0 Å². The van der Waals surface area contributed by atoms with Gasteiger partial charge in [0.05, 0.1) is 33.6 Å². The summed E-state index contributed by atoms with van der Waals surface area (Å²) < 4.78 is 38.6. The lowest BCUT2D eigenvalue weighted by molar-refractivity contribution is -0.137. The zero-order valence-electron chi connectivity index (χ0n) is 15.7. The number of para-hydroxylation sites is 2. The van der Waals surface area contributed by atoms with Crippen molar-refractivity contribution in [1.29, 1.82) is 0 Å². The molecule has 1 aromatic heterocycles. The summed E-state index contributed by atoms with van der Waals surface area (Å²) in [4.78, 5) is 32.8. The summed E-state index contributed by atoms with van der Waals surface area (Å²) in [6.07, 6.45) is -4.60. The zero-order valence-corrected chi connectivity index (χ0v) is 16.5. The Kier molecular flexibility index (Phi) is 5.19. The van der Waals surface area contributed by atoms with Crippen molar-refractivity contribution in [3.05, 3.63) is 53.9 Å². The largest absolute Gasteiger partial charge is 0.416 e. The minimum absolute atomic E-state index is 0.104. The van der Waals surface area contributed by atoms with Gasteiger partial charge in [0.2, 0.25) is 11.8 Å². The molecule has 156 valence electrons. The van der Waals surface area contributed by atoms with E-state index in [1.807, 2.05) is 24.3 Å². The first-order valence-corrected chi connectivity index (χ1v) is 10.0. The number of anilines is 1. The van der Waals surface area contributed by atoms with E-state index < -0.39 is 28.9 Å². The van der Waals surface area contributed by atoms with Crippen LogP contribution in [0.25, 0.3) is 11.0 Å². The Morgan fingerprint density at radius 2 is 2.03 bits per heavy atom. The summed E-state index contributed by atoms with van der Waals surface area (Å²) in [5.41, 5.74) is 0.904. The van der Waals surface area contributed by atoms with Crippen LogP contribution < -0.4 is 10.6 Å². The minimum Gasteiger partial charge on any atom is -0.346 e. The number of imidazole rings is 1. The molecule has 3 aromatic rings. The number of carbonyl (C=O) groups excluding carboxylic acids is 2. The Hall–Kier alpha value is -3.01. The first-order valence-electron chi connectivity index (χ1n) is 9.13. The van der Waals surface area contributed by atoms with Crippen LogP contribution in [0.4, 0.5) is 18.9 Å². The van der Waals surface area contributed by atoms with Gasteiger partial charge in [0, 0.05) is 11.3 Å². The van der Waals surface area contributed by atoms with Crippen LogP contribution in [0.2, 0.25) is 0 Å². The highest BCUT2D eigenvalue weighted by atomic mass is 32.2. The number of carbonyl (C=O) groups is 2. The maximum atomic E-state index is 12.9. The molecule has 0 saturated heterocycles. The van der Waals surface area contributed by atoms with Gasteiger partial charge >= 0.3 is 6.18 Å². The number of H-pyrrole nitrogens is 1. The highest BCUT2D eigenvalue weighted by Gasteiger charge is 2.34. The Morgan fingerprint density at radius 3 is 2.77 bits per heavy atom. The third-order valence-electron chi connectivity index (χ3n) is 4.69. The molecule has 1 aliphatic heterocycles. The molecule has 0 spiro atoms. The Labute approximate surface area is 173 Å². The van der Waals surface area contributed by atoms with Crippen LogP contribution in [0.1, 0.15) is 30.8 Å². The standard InChI is InChI=1S/C20H17F3N4O2S/c1-10(18-25-12-4-2-3-5-13(12)26-18)24-17(28)9-16-19(29)27-14-8-11(20(21,22)23)6-7-15(14)30-16/h2-8,10,16H,9H2,1H3,(H,24,28)(H,25,26)(H,27,29)/t10-,16+/m0/s1. The lowest BCUT2D eigenvalue weighted by atomic mass is 10.1. The van der Waals surface area contributed by atoms with Gasteiger partial charge in [-0.2, -0.15) is 13.2 Å². The van der Waals surface area contributed by atoms with Crippen molar-refractivity contribution in [3.8, 4) is 0 Å². The number of nitrogens with one attached hydrogen (secondary N) is 3. The molecule has 0 unspecified atom stereocenters. The first-order chi connectivity index (χ1) is 14.2. The number of fused-ring (bicyclic) bond motifs is 2. The van der Waals surface area contributed by atoms with E-state index in [1.165, 1.54) is 6.07 Å². The average Bonchev–Trinajstić information content (AvgIpc) is 3.12. The van der Waals surface area contributed by atoms with Crippen molar-refractivity contribution in [2.75, 3.05) is 5.32 Å². The van der Waals surface area contributed by atoms with Gasteiger partial charge in [0.15, 0.2) is 0 Å². The van der Waals surface area contributed by atoms with Gasteiger partial charge in [-0.1, -0.05) is 12.1 Å². The summed E-state index contributed by atoms with van der Waals surface area (Å²) in [5, 5.41) is 4.54. The summed E-state index contributed by atoms with van der Waals surface area (Å²) in [6.45, 7) is 1.78. The third kappa shape index (κ3) is 4.13. The number of aromatic nitrogens is 2. The number of alkyl halides is 3. The van der Waals surface area contributed by atoms with Crippen LogP contribution in [0, 0.1) is 0 Å². The molecule has 3 N–H and O–H groups in total. The highest BCUT2D eigenvalue weighted by molar-refractivity contribution is 8.01. The summed E-state index contributed by atoms with van der Waals surface area (Å²) in [6, 6.07) is 10.3. The van der Waals surface area contributed by atoms with E-state index in [0.717, 1.165) is 34.9 Å². The first kappa shape index (κ1) is 20.3. The van der Waals surface area contributed by atoms with Gasteiger partial charge in [-0.3, -0.25) is 9.59 Å². The van der Waals surface area contributed by atoms with E-state index in [2.05, 4.69) is 20.6 Å². The van der Waals surface area contributed by atoms with Crippen LogP contribution >= 0.6 is 11.8 Å². The summed E-state index contributed by atoms with van der Waals surface area (Å²) in [7, 11) is 0. The molecule has 2 amide bonds. The average molecular weight is 434 g/mol. The maximum absolute atomic E-state index is 12.9. The van der Waals surface area contributed by atoms with E-state index in [9.17, 15) is 22.8 Å². The van der Waals surface area contributed by atoms with E-state index >= 15 is 0 Å². The van der Waals surface area contributed by atoms with Crippen LogP contribution in [0.15, 0.2) is 47.4 Å². The molecule has 0 saturated carbocycles. The van der Waals surface area contributed by atoms with Crippen molar-refractivity contribution in [2.45, 2.75) is 35.7 Å². The normalized spacial score (nSPS) is 17.3. The summed E-state index contributed by atoms with van der Waals surface area (Å²) >= 11 is 1.08. The van der Waals surface area contributed by atoms with E-state index in [1.54, 1.807) is 6.92 Å². The Balaban J connectivity index is 1.41. The number of nitrogens with zero attached hydrogens (tertiary/aromatic N) is 1. The van der Waals surface area contributed by atoms with Crippen molar-refractivity contribution >= 4 is 40.3 Å². The van der Waals surface area contributed by atoms with Gasteiger partial charge < -0.3 is 15.6 Å². The maximum Gasteiger partial charge on any atom is 0.416 e. The molecule has 0 fully saturated rings. The fourth-order valence-corrected chi connectivity index (χ4v) is 4.27. The Bertz CT molecular complexity index is 1100. The fourth-order valence-electron chi connectivity index (χ4n) is 3.18. The quantitative estimate of drug-likeness (QED) is 0.573. The second-order valence-corrected chi connectivity index (χ2v) is 8.18. The zero-order chi connectivity index (χ0) is 21.5. The van der Waals surface area contributed by atoms with Crippen molar-refractivity contribution in [2.24, 2.45) is 0 Å². The SMILES string of the molecule is C[C@H](NC(=O)C[C@H]1Sc2ccc(C(F)(F)F)cc2NC1=O)c1nc2ccccc2[nH]1. The number of rotatable bonds is 4. The van der Waals surface area contributed by atoms with Crippen molar-refractivity contribution < 1.29 is 22.8 Å². The number of halogens is 3. The van der Waals surface area contributed by atoms with Crippen molar-refractivity contribution in [1.82, 2.24) is 15.3 Å². The number of aromatic amines is 1. The lowest BCUT2D eigenvalue weighted by Crippen LogP contribution is -2.36. The van der Waals surface area contributed by atoms with Crippen LogP contribution in [-0.4, -0.2) is 27.0 Å². The van der Waals surface area contributed by atoms with Crippen LogP contribution in [-0.2, 0) is 15.8 Å². The number of hydrogen-bond acceptors (Lipinski definition) is 4. The van der Waals surface area contributed by atoms with Crippen LogP contribution in [0.3, 0.4) is 0 Å². The molecule has 2 heterocycles. The molecule has 0 bridgehead atoms. The van der Waals surface area contributed by atoms with E-state index in [4.69, 9.17) is 0 Å². The third-order valence-corrected chi connectivity index (χ3v) is 5.97. The van der Waals surface area contributed by atoms with E-state index in [-0.39, 0.29) is 18.0 Å². The number of hydrogen-bond donors (Lipinski definition) is 3. The van der Waals surface area contributed by atoms with Gasteiger partial charge in [0.1, 0.15) is 5.82 Å². The predicted molar refractivity (Wildman–Crippen MR) is 107 cm³/mol. The highest BCUT2D eigenvalue weighted by Crippen LogP contribution is 2.40. The van der Waals surface area contributed by atoms with Gasteiger partial charge in [0.25, 0.3) is 0 Å². The van der Waals surface area contributed by atoms with Crippen LogP contribution in [0.5, 0.6) is 0 Å². The van der Waals surface area contributed by atoms with Gasteiger partial charge in [-0.25, -0.2) is 4.98 Å². The molecule has 10 heteroatoms. The fraction of sp³-hybridized carbons (Fsp3) is 0.250. The topological polar surface area (TPSA) is 86.9 Å². The molecular formula is C20H17F3N4O2S. The molecule has 0 radical (unpaired) electrons. The van der Waals surface area contributed by atoms with E-state index in [0.29, 0.717) is 10.7 Å². The summed E-state index contributed by atoms with van der Waals surface area (Å²) in [5.74, 6) is -0.264. The molecule has 0 aliphatic carbocycles. The Morgan fingerprint density at radius 1 is 1.27 bits per heavy atom. The lowest BCUT2D eigenvalue weighted by Gasteiger charge is -2.25. The predicted octanol–water partition coefficient (Wildman–Crippen LogP) is 4.26. The number of benzene rings is 2. The molecular weight excluding hydrogens is 417 g/mol. The molecule has 2 atom stereocenters. The second-order valence-electron chi connectivity index (χ2n) is 6.94. The monoisotopic (exact) mass is 434 g/mol. The van der Waals surface area contributed by atoms with Gasteiger partial charge in [-0.05, 0) is 37.3 Å². The molecule has 30 heavy (non-hydrogen) atoms.